The number of rotatable bonds is 4. The van der Waals surface area contributed by atoms with Crippen LogP contribution in [0.1, 0.15) is 34.9 Å². The van der Waals surface area contributed by atoms with Gasteiger partial charge in [-0.15, -0.1) is 10.2 Å². The zero-order valence-corrected chi connectivity index (χ0v) is 14.0. The summed E-state index contributed by atoms with van der Waals surface area (Å²) in [6, 6.07) is 7.56. The summed E-state index contributed by atoms with van der Waals surface area (Å²) < 4.78 is 1.89. The molecule has 1 saturated carbocycles. The third-order valence-electron chi connectivity index (χ3n) is 5.11. The number of aliphatic hydroxyl groups excluding tert-OH is 1. The highest BCUT2D eigenvalue weighted by Gasteiger charge is 2.36. The normalized spacial score (nSPS) is 23.2. The van der Waals surface area contributed by atoms with E-state index in [2.05, 4.69) is 20.5 Å². The second-order valence-corrected chi connectivity index (χ2v) is 6.79. The van der Waals surface area contributed by atoms with E-state index in [0.717, 1.165) is 23.1 Å². The number of carbonyl (C=O) groups excluding carboxylic acids is 1. The van der Waals surface area contributed by atoms with Crippen LogP contribution >= 0.6 is 0 Å². The van der Waals surface area contributed by atoms with E-state index in [4.69, 9.17) is 0 Å². The van der Waals surface area contributed by atoms with Gasteiger partial charge in [-0.2, -0.15) is 0 Å². The summed E-state index contributed by atoms with van der Waals surface area (Å²) in [5.74, 6) is 0.982. The van der Waals surface area contributed by atoms with E-state index in [1.54, 1.807) is 6.33 Å². The Bertz CT molecular complexity index is 900. The molecule has 25 heavy (non-hydrogen) atoms. The van der Waals surface area contributed by atoms with Crippen molar-refractivity contribution in [2.45, 2.75) is 24.9 Å². The van der Waals surface area contributed by atoms with Crippen LogP contribution in [0.3, 0.4) is 0 Å². The number of nitrogens with one attached hydrogen (secondary N) is 2. The molecule has 130 valence electrons. The fourth-order valence-electron chi connectivity index (χ4n) is 3.71. The van der Waals surface area contributed by atoms with Gasteiger partial charge >= 0.3 is 0 Å². The molecule has 7 nitrogen and oxygen atoms in total. The summed E-state index contributed by atoms with van der Waals surface area (Å²) in [4.78, 5) is 15.5. The van der Waals surface area contributed by atoms with Crippen molar-refractivity contribution in [1.29, 1.82) is 0 Å². The Morgan fingerprint density at radius 1 is 1.40 bits per heavy atom. The number of fused-ring (bicyclic) bond motifs is 1. The number of hydrogen-bond acceptors (Lipinski definition) is 4. The van der Waals surface area contributed by atoms with Crippen molar-refractivity contribution in [3.05, 3.63) is 48.2 Å². The van der Waals surface area contributed by atoms with Gasteiger partial charge in [-0.3, -0.25) is 4.79 Å². The maximum Gasteiger partial charge on any atom is 0.251 e. The number of aliphatic hydroxyl groups is 1. The lowest BCUT2D eigenvalue weighted by atomic mass is 10.0. The van der Waals surface area contributed by atoms with E-state index in [-0.39, 0.29) is 17.7 Å². The lowest BCUT2D eigenvalue weighted by Gasteiger charge is -2.15. The number of aromatic amines is 1. The first-order chi connectivity index (χ1) is 12.1. The van der Waals surface area contributed by atoms with Crippen LogP contribution in [0.5, 0.6) is 0 Å². The van der Waals surface area contributed by atoms with Gasteiger partial charge < -0.3 is 20.0 Å². The highest BCUT2D eigenvalue weighted by atomic mass is 16.3. The van der Waals surface area contributed by atoms with Gasteiger partial charge in [-0.25, -0.2) is 0 Å². The molecule has 0 radical (unpaired) electrons. The summed E-state index contributed by atoms with van der Waals surface area (Å²) in [6.07, 6.45) is 4.54. The van der Waals surface area contributed by atoms with Crippen LogP contribution in [0.2, 0.25) is 0 Å². The Labute approximate surface area is 145 Å². The molecule has 0 spiro atoms. The Morgan fingerprint density at radius 3 is 3.08 bits per heavy atom. The van der Waals surface area contributed by atoms with E-state index in [1.807, 2.05) is 42.1 Å². The molecule has 2 heterocycles. The number of nitrogens with zero attached hydrogens (tertiary/aromatic N) is 3. The summed E-state index contributed by atoms with van der Waals surface area (Å²) in [6.45, 7) is 0.455. The van der Waals surface area contributed by atoms with Gasteiger partial charge in [0.05, 0.1) is 6.10 Å². The van der Waals surface area contributed by atoms with Crippen molar-refractivity contribution in [2.75, 3.05) is 6.54 Å². The van der Waals surface area contributed by atoms with Crippen LogP contribution in [0, 0.1) is 5.92 Å². The van der Waals surface area contributed by atoms with Crippen LogP contribution < -0.4 is 5.32 Å². The molecule has 0 aliphatic heterocycles. The molecular weight excluding hydrogens is 318 g/mol. The molecule has 3 aromatic rings. The minimum Gasteiger partial charge on any atom is -0.393 e. The van der Waals surface area contributed by atoms with Crippen molar-refractivity contribution in [3.8, 4) is 0 Å². The van der Waals surface area contributed by atoms with Crippen molar-refractivity contribution < 1.29 is 9.90 Å². The quantitative estimate of drug-likeness (QED) is 0.672. The van der Waals surface area contributed by atoms with Crippen molar-refractivity contribution in [1.82, 2.24) is 25.1 Å². The van der Waals surface area contributed by atoms with Gasteiger partial charge in [0.1, 0.15) is 12.2 Å². The third-order valence-corrected chi connectivity index (χ3v) is 5.11. The van der Waals surface area contributed by atoms with Gasteiger partial charge in [-0.1, -0.05) is 6.07 Å². The van der Waals surface area contributed by atoms with Crippen molar-refractivity contribution >= 4 is 16.8 Å². The average Bonchev–Trinajstić information content (AvgIpc) is 3.31. The Morgan fingerprint density at radius 2 is 2.28 bits per heavy atom. The molecule has 1 fully saturated rings. The van der Waals surface area contributed by atoms with Gasteiger partial charge in [0.25, 0.3) is 5.91 Å². The molecule has 2 aromatic heterocycles. The molecule has 0 saturated heterocycles. The standard InChI is InChI=1S/C18H21N5O2/c1-23-10-21-22-17(23)13-6-14(16(24)8-13)9-20-18(25)12-3-2-11-4-5-19-15(11)7-12/h2-5,7,10,13-14,16,19,24H,6,8-9H2,1H3,(H,20,25)/t13-,14+,16+/m0/s1. The fourth-order valence-corrected chi connectivity index (χ4v) is 3.71. The number of benzene rings is 1. The molecule has 1 aliphatic carbocycles. The minimum atomic E-state index is -0.437. The maximum atomic E-state index is 12.4. The molecule has 3 N–H and O–H groups in total. The summed E-state index contributed by atoms with van der Waals surface area (Å²) in [5.41, 5.74) is 1.56. The molecule has 4 rings (SSSR count). The van der Waals surface area contributed by atoms with Crippen molar-refractivity contribution in [3.63, 3.8) is 0 Å². The van der Waals surface area contributed by atoms with Gasteiger partial charge in [0.15, 0.2) is 0 Å². The topological polar surface area (TPSA) is 95.8 Å². The smallest absolute Gasteiger partial charge is 0.251 e. The molecule has 0 bridgehead atoms. The molecule has 1 aliphatic rings. The van der Waals surface area contributed by atoms with Gasteiger partial charge in [0.2, 0.25) is 0 Å². The first kappa shape index (κ1) is 15.8. The highest BCUT2D eigenvalue weighted by molar-refractivity contribution is 5.97. The van der Waals surface area contributed by atoms with Gasteiger partial charge in [-0.05, 0) is 36.4 Å². The zero-order valence-electron chi connectivity index (χ0n) is 14.0. The lowest BCUT2D eigenvalue weighted by molar-refractivity contribution is 0.0917. The van der Waals surface area contributed by atoms with E-state index >= 15 is 0 Å². The Hall–Kier alpha value is -2.67. The minimum absolute atomic E-state index is 0.0277. The number of amides is 1. The molecular formula is C18H21N5O2. The summed E-state index contributed by atoms with van der Waals surface area (Å²) in [5, 5.41) is 22.4. The van der Waals surface area contributed by atoms with Crippen molar-refractivity contribution in [2.24, 2.45) is 13.0 Å². The number of aromatic nitrogens is 4. The first-order valence-electron chi connectivity index (χ1n) is 8.49. The maximum absolute atomic E-state index is 12.4. The van der Waals surface area contributed by atoms with Crippen LogP contribution in [0.15, 0.2) is 36.8 Å². The SMILES string of the molecule is Cn1cnnc1[C@H]1C[C@H](CNC(=O)c2ccc3cc[nH]c3c2)[C@H](O)C1. The Balaban J connectivity index is 1.39. The predicted octanol–water partition coefficient (Wildman–Crippen LogP) is 1.58. The van der Waals surface area contributed by atoms with Crippen LogP contribution in [-0.4, -0.2) is 43.4 Å². The predicted molar refractivity (Wildman–Crippen MR) is 93.1 cm³/mol. The zero-order chi connectivity index (χ0) is 17.4. The summed E-state index contributed by atoms with van der Waals surface area (Å²) >= 11 is 0. The molecule has 3 atom stereocenters. The average molecular weight is 339 g/mol. The highest BCUT2D eigenvalue weighted by Crippen LogP contribution is 2.37. The molecule has 7 heteroatoms. The fraction of sp³-hybridized carbons (Fsp3) is 0.389. The van der Waals surface area contributed by atoms with E-state index in [0.29, 0.717) is 18.5 Å². The number of H-pyrrole nitrogens is 1. The van der Waals surface area contributed by atoms with Gasteiger partial charge in [0, 0.05) is 42.7 Å². The van der Waals surface area contributed by atoms with Crippen LogP contribution in [-0.2, 0) is 7.05 Å². The van der Waals surface area contributed by atoms with E-state index in [9.17, 15) is 9.90 Å². The molecule has 0 unspecified atom stereocenters. The lowest BCUT2D eigenvalue weighted by Crippen LogP contribution is -2.32. The Kier molecular flexibility index (Phi) is 4.01. The van der Waals surface area contributed by atoms with E-state index in [1.165, 1.54) is 0 Å². The molecule has 1 amide bonds. The van der Waals surface area contributed by atoms with E-state index < -0.39 is 6.10 Å². The monoisotopic (exact) mass is 339 g/mol. The second-order valence-electron chi connectivity index (χ2n) is 6.79. The number of aryl methyl sites for hydroxylation is 1. The summed E-state index contributed by atoms with van der Waals surface area (Å²) in [7, 11) is 1.91. The number of hydrogen-bond donors (Lipinski definition) is 3. The second kappa shape index (κ2) is 6.33. The third kappa shape index (κ3) is 3.02. The first-order valence-corrected chi connectivity index (χ1v) is 8.49. The van der Waals surface area contributed by atoms with Crippen LogP contribution in [0.4, 0.5) is 0 Å². The number of carbonyl (C=O) groups is 1. The molecule has 1 aromatic carbocycles. The van der Waals surface area contributed by atoms with Crippen LogP contribution in [0.25, 0.3) is 10.9 Å². The largest absolute Gasteiger partial charge is 0.393 e.